The van der Waals surface area contributed by atoms with Crippen molar-refractivity contribution in [1.29, 1.82) is 0 Å². The van der Waals surface area contributed by atoms with E-state index in [0.29, 0.717) is 6.61 Å². The SMILES string of the molecule is CC=CCOC(=O)CCC(=O)OCC. The van der Waals surface area contributed by atoms with Crippen LogP contribution in [0.3, 0.4) is 0 Å². The van der Waals surface area contributed by atoms with E-state index in [0.717, 1.165) is 0 Å². The van der Waals surface area contributed by atoms with Crippen molar-refractivity contribution in [3.8, 4) is 0 Å². The Balaban J connectivity index is 3.48. The molecule has 0 aliphatic rings. The first-order valence-electron chi connectivity index (χ1n) is 4.63. The number of esters is 2. The van der Waals surface area contributed by atoms with Gasteiger partial charge in [0.25, 0.3) is 0 Å². The van der Waals surface area contributed by atoms with E-state index in [1.165, 1.54) is 0 Å². The monoisotopic (exact) mass is 200 g/mol. The quantitative estimate of drug-likeness (QED) is 0.481. The Morgan fingerprint density at radius 3 is 2.21 bits per heavy atom. The topological polar surface area (TPSA) is 52.6 Å². The molecule has 4 heteroatoms. The molecule has 0 heterocycles. The molecule has 0 rings (SSSR count). The molecular weight excluding hydrogens is 184 g/mol. The number of carbonyl (C=O) groups is 2. The Hall–Kier alpha value is -1.32. The second kappa shape index (κ2) is 8.29. The molecule has 0 amide bonds. The van der Waals surface area contributed by atoms with E-state index in [1.807, 2.05) is 6.92 Å². The van der Waals surface area contributed by atoms with Gasteiger partial charge in [-0.15, -0.1) is 0 Å². The van der Waals surface area contributed by atoms with E-state index < -0.39 is 0 Å². The minimum Gasteiger partial charge on any atom is -0.466 e. The first kappa shape index (κ1) is 12.7. The molecule has 80 valence electrons. The summed E-state index contributed by atoms with van der Waals surface area (Å²) in [6.45, 7) is 4.17. The highest BCUT2D eigenvalue weighted by Gasteiger charge is 2.07. The third kappa shape index (κ3) is 7.34. The lowest BCUT2D eigenvalue weighted by Gasteiger charge is -2.01. The fourth-order valence-electron chi connectivity index (χ4n) is 0.747. The number of carbonyl (C=O) groups excluding carboxylic acids is 2. The summed E-state index contributed by atoms with van der Waals surface area (Å²) in [5, 5.41) is 0. The fraction of sp³-hybridized carbons (Fsp3) is 0.600. The number of hydrogen-bond donors (Lipinski definition) is 0. The van der Waals surface area contributed by atoms with Gasteiger partial charge in [-0.25, -0.2) is 0 Å². The van der Waals surface area contributed by atoms with Gasteiger partial charge in [0, 0.05) is 0 Å². The van der Waals surface area contributed by atoms with Gasteiger partial charge in [0.1, 0.15) is 6.61 Å². The summed E-state index contributed by atoms with van der Waals surface area (Å²) >= 11 is 0. The van der Waals surface area contributed by atoms with Crippen molar-refractivity contribution in [2.75, 3.05) is 13.2 Å². The van der Waals surface area contributed by atoms with Crippen molar-refractivity contribution in [1.82, 2.24) is 0 Å². The lowest BCUT2D eigenvalue weighted by atomic mass is 10.3. The van der Waals surface area contributed by atoms with Crippen molar-refractivity contribution < 1.29 is 19.1 Å². The average Bonchev–Trinajstić information content (AvgIpc) is 2.16. The van der Waals surface area contributed by atoms with Crippen LogP contribution in [-0.2, 0) is 19.1 Å². The first-order chi connectivity index (χ1) is 6.70. The zero-order valence-electron chi connectivity index (χ0n) is 8.62. The van der Waals surface area contributed by atoms with Crippen molar-refractivity contribution in [3.05, 3.63) is 12.2 Å². The summed E-state index contributed by atoms with van der Waals surface area (Å²) in [6, 6.07) is 0. The van der Waals surface area contributed by atoms with E-state index in [2.05, 4.69) is 4.74 Å². The molecule has 0 saturated heterocycles. The maximum absolute atomic E-state index is 11.0. The van der Waals surface area contributed by atoms with Crippen LogP contribution in [0.25, 0.3) is 0 Å². The van der Waals surface area contributed by atoms with Crippen LogP contribution in [0.15, 0.2) is 12.2 Å². The van der Waals surface area contributed by atoms with E-state index in [4.69, 9.17) is 4.74 Å². The van der Waals surface area contributed by atoms with Gasteiger partial charge in [0.2, 0.25) is 0 Å². The minimum atomic E-state index is -0.379. The minimum absolute atomic E-state index is 0.0797. The summed E-state index contributed by atoms with van der Waals surface area (Å²) in [5.41, 5.74) is 0. The number of ether oxygens (including phenoxy) is 2. The van der Waals surface area contributed by atoms with E-state index in [-0.39, 0.29) is 31.4 Å². The summed E-state index contributed by atoms with van der Waals surface area (Å²) in [4.78, 5) is 21.8. The predicted octanol–water partition coefficient (Wildman–Crippen LogP) is 1.45. The van der Waals surface area contributed by atoms with Crippen molar-refractivity contribution in [3.63, 3.8) is 0 Å². The zero-order chi connectivity index (χ0) is 10.8. The van der Waals surface area contributed by atoms with Crippen LogP contribution in [0.4, 0.5) is 0 Å². The second-order valence-electron chi connectivity index (χ2n) is 2.56. The zero-order valence-corrected chi connectivity index (χ0v) is 8.62. The van der Waals surface area contributed by atoms with Crippen LogP contribution < -0.4 is 0 Å². The maximum atomic E-state index is 11.0. The van der Waals surface area contributed by atoms with Crippen LogP contribution >= 0.6 is 0 Å². The second-order valence-corrected chi connectivity index (χ2v) is 2.56. The van der Waals surface area contributed by atoms with Gasteiger partial charge < -0.3 is 9.47 Å². The van der Waals surface area contributed by atoms with Crippen LogP contribution in [0.5, 0.6) is 0 Å². The fourth-order valence-corrected chi connectivity index (χ4v) is 0.747. The standard InChI is InChI=1S/C10H16O4/c1-3-5-8-14-10(12)7-6-9(11)13-4-2/h3,5H,4,6-8H2,1-2H3. The van der Waals surface area contributed by atoms with E-state index >= 15 is 0 Å². The Labute approximate surface area is 83.9 Å². The van der Waals surface area contributed by atoms with Crippen LogP contribution in [0.2, 0.25) is 0 Å². The third-order valence-electron chi connectivity index (χ3n) is 1.41. The summed E-state index contributed by atoms with van der Waals surface area (Å²) in [5.74, 6) is -0.744. The van der Waals surface area contributed by atoms with Gasteiger partial charge in [-0.05, 0) is 13.8 Å². The molecule has 0 unspecified atom stereocenters. The van der Waals surface area contributed by atoms with Gasteiger partial charge in [-0.3, -0.25) is 9.59 Å². The molecule has 0 spiro atoms. The van der Waals surface area contributed by atoms with Gasteiger partial charge in [0.15, 0.2) is 0 Å². The normalized spacial score (nSPS) is 10.1. The highest BCUT2D eigenvalue weighted by atomic mass is 16.5. The summed E-state index contributed by atoms with van der Waals surface area (Å²) in [7, 11) is 0. The molecule has 0 aliphatic heterocycles. The molecule has 14 heavy (non-hydrogen) atoms. The van der Waals surface area contributed by atoms with Gasteiger partial charge in [-0.2, -0.15) is 0 Å². The lowest BCUT2D eigenvalue weighted by Crippen LogP contribution is -2.10. The first-order valence-corrected chi connectivity index (χ1v) is 4.63. The molecular formula is C10H16O4. The van der Waals surface area contributed by atoms with Crippen LogP contribution in [-0.4, -0.2) is 25.2 Å². The largest absolute Gasteiger partial charge is 0.466 e. The summed E-state index contributed by atoms with van der Waals surface area (Å²) in [6.07, 6.45) is 3.68. The Kier molecular flexibility index (Phi) is 7.50. The van der Waals surface area contributed by atoms with Crippen molar-refractivity contribution in [2.24, 2.45) is 0 Å². The molecule has 0 radical (unpaired) electrons. The summed E-state index contributed by atoms with van der Waals surface area (Å²) < 4.78 is 9.43. The molecule has 4 nitrogen and oxygen atoms in total. The number of allylic oxidation sites excluding steroid dienone is 1. The van der Waals surface area contributed by atoms with Crippen molar-refractivity contribution in [2.45, 2.75) is 26.7 Å². The average molecular weight is 200 g/mol. The highest BCUT2D eigenvalue weighted by Crippen LogP contribution is 1.95. The van der Waals surface area contributed by atoms with Gasteiger partial charge in [-0.1, -0.05) is 12.2 Å². The van der Waals surface area contributed by atoms with E-state index in [9.17, 15) is 9.59 Å². The smallest absolute Gasteiger partial charge is 0.306 e. The molecule has 0 N–H and O–H groups in total. The van der Waals surface area contributed by atoms with Gasteiger partial charge >= 0.3 is 11.9 Å². The maximum Gasteiger partial charge on any atom is 0.306 e. The molecule has 0 bridgehead atoms. The Morgan fingerprint density at radius 2 is 1.71 bits per heavy atom. The predicted molar refractivity (Wildman–Crippen MR) is 51.6 cm³/mol. The Morgan fingerprint density at radius 1 is 1.14 bits per heavy atom. The molecule has 0 atom stereocenters. The molecule has 0 aromatic rings. The van der Waals surface area contributed by atoms with Crippen LogP contribution in [0, 0.1) is 0 Å². The van der Waals surface area contributed by atoms with Crippen LogP contribution in [0.1, 0.15) is 26.7 Å². The Bertz CT molecular complexity index is 208. The number of hydrogen-bond acceptors (Lipinski definition) is 4. The molecule has 0 saturated carbocycles. The molecule has 0 fully saturated rings. The molecule has 0 aliphatic carbocycles. The number of rotatable bonds is 6. The van der Waals surface area contributed by atoms with Gasteiger partial charge in [0.05, 0.1) is 19.4 Å². The third-order valence-corrected chi connectivity index (χ3v) is 1.41. The van der Waals surface area contributed by atoms with E-state index in [1.54, 1.807) is 19.1 Å². The highest BCUT2D eigenvalue weighted by molar-refractivity contribution is 5.77. The van der Waals surface area contributed by atoms with Crippen molar-refractivity contribution >= 4 is 11.9 Å². The molecule has 0 aromatic heterocycles. The lowest BCUT2D eigenvalue weighted by molar-refractivity contribution is -0.149. The molecule has 0 aromatic carbocycles.